The number of carbonyl (C=O) groups is 5. The summed E-state index contributed by atoms with van der Waals surface area (Å²) in [6, 6.07) is 16.1. The van der Waals surface area contributed by atoms with Gasteiger partial charge in [0.15, 0.2) is 5.78 Å². The monoisotopic (exact) mass is 604 g/mol. The van der Waals surface area contributed by atoms with Crippen LogP contribution in [0.5, 0.6) is 0 Å². The number of rotatable bonds is 11. The summed E-state index contributed by atoms with van der Waals surface area (Å²) in [6.45, 7) is 3.46. The van der Waals surface area contributed by atoms with Crippen molar-refractivity contribution in [2.45, 2.75) is 101 Å². The van der Waals surface area contributed by atoms with Crippen LogP contribution in [0.15, 0.2) is 60.7 Å². The minimum absolute atomic E-state index is 0.173. The van der Waals surface area contributed by atoms with E-state index in [1.165, 1.54) is 11.8 Å². The summed E-state index contributed by atoms with van der Waals surface area (Å²) >= 11 is 0. The summed E-state index contributed by atoms with van der Waals surface area (Å²) in [7, 11) is 0. The van der Waals surface area contributed by atoms with Crippen molar-refractivity contribution < 1.29 is 29.1 Å². The Morgan fingerprint density at radius 3 is 2.23 bits per heavy atom. The largest absolute Gasteiger partial charge is 0.386 e. The number of aliphatic hydroxyl groups is 1. The fourth-order valence-electron chi connectivity index (χ4n) is 5.99. The summed E-state index contributed by atoms with van der Waals surface area (Å²) in [5.41, 5.74) is 0.262. The summed E-state index contributed by atoms with van der Waals surface area (Å²) in [5, 5.41) is 18.2. The second kappa shape index (κ2) is 15.1. The third-order valence-electron chi connectivity index (χ3n) is 8.54. The van der Waals surface area contributed by atoms with Gasteiger partial charge in [-0.25, -0.2) is 0 Å². The van der Waals surface area contributed by atoms with Crippen molar-refractivity contribution in [1.82, 2.24) is 20.9 Å². The fourth-order valence-corrected chi connectivity index (χ4v) is 5.99. The molecule has 10 nitrogen and oxygen atoms in total. The van der Waals surface area contributed by atoms with Crippen molar-refractivity contribution in [3.8, 4) is 0 Å². The van der Waals surface area contributed by atoms with E-state index < -0.39 is 47.5 Å². The molecule has 10 heteroatoms. The van der Waals surface area contributed by atoms with Gasteiger partial charge in [0.2, 0.25) is 23.6 Å². The lowest BCUT2D eigenvalue weighted by atomic mass is 9.90. The zero-order valence-electron chi connectivity index (χ0n) is 25.6. The molecule has 0 saturated carbocycles. The van der Waals surface area contributed by atoms with E-state index in [0.29, 0.717) is 45.1 Å². The van der Waals surface area contributed by atoms with Crippen molar-refractivity contribution >= 4 is 29.4 Å². The molecule has 2 aliphatic heterocycles. The van der Waals surface area contributed by atoms with Crippen LogP contribution in [0.3, 0.4) is 0 Å². The summed E-state index contributed by atoms with van der Waals surface area (Å²) in [4.78, 5) is 68.9. The number of hydrogen-bond acceptors (Lipinski definition) is 6. The first-order chi connectivity index (χ1) is 21.1. The molecular weight excluding hydrogens is 560 g/mol. The zero-order chi connectivity index (χ0) is 31.7. The number of fused-ring (bicyclic) bond motifs is 1. The predicted octanol–water partition coefficient (Wildman–Crippen LogP) is 2.22. The molecule has 0 aromatic heterocycles. The number of carbonyl (C=O) groups excluding carboxylic acids is 5. The lowest BCUT2D eigenvalue weighted by molar-refractivity contribution is -0.144. The van der Waals surface area contributed by atoms with Crippen LogP contribution >= 0.6 is 0 Å². The summed E-state index contributed by atoms with van der Waals surface area (Å²) in [5.74, 6) is -1.92. The van der Waals surface area contributed by atoms with Gasteiger partial charge in [-0.1, -0.05) is 73.5 Å². The molecule has 2 saturated heterocycles. The van der Waals surface area contributed by atoms with Gasteiger partial charge in [0.05, 0.1) is 0 Å². The lowest BCUT2D eigenvalue weighted by Crippen LogP contribution is -2.66. The molecule has 2 aromatic rings. The minimum Gasteiger partial charge on any atom is -0.386 e. The van der Waals surface area contributed by atoms with Gasteiger partial charge in [-0.3, -0.25) is 24.0 Å². The molecule has 0 bridgehead atoms. The molecule has 4 N–H and O–H groups in total. The second-order valence-corrected chi connectivity index (χ2v) is 12.2. The first kappa shape index (κ1) is 32.9. The molecule has 44 heavy (non-hydrogen) atoms. The summed E-state index contributed by atoms with van der Waals surface area (Å²) in [6.07, 6.45) is 2.74. The van der Waals surface area contributed by atoms with Crippen LogP contribution in [0.2, 0.25) is 0 Å². The van der Waals surface area contributed by atoms with Crippen LogP contribution < -0.4 is 16.0 Å². The Balaban J connectivity index is 1.62. The second-order valence-electron chi connectivity index (χ2n) is 12.2. The fraction of sp³-hybridized carbons (Fsp3) is 0.500. The summed E-state index contributed by atoms with van der Waals surface area (Å²) < 4.78 is 0. The Kier molecular flexibility index (Phi) is 11.3. The Bertz CT molecular complexity index is 1320. The standard InChI is InChI=1S/C34H44N4O6/c1-23(39)29(40)19-11-5-10-17-26-30(41)37-34(2,22-25-15-8-4-9-16-25)33(44)36-27(21-24-13-6-3-7-14-24)32(43)38-20-12-18-28(38)31(42)35-26/h3-4,6-9,13-16,23,26-28,39H,5,10-12,17-22H2,1-2H3,(H,35,42)(H,36,44)(H,37,41)/t23-,26+,27+,28-,34-/m1/s1. The molecule has 2 aromatic carbocycles. The lowest BCUT2D eigenvalue weighted by Gasteiger charge is -2.36. The predicted molar refractivity (Wildman–Crippen MR) is 165 cm³/mol. The van der Waals surface area contributed by atoms with Gasteiger partial charge in [0.1, 0.15) is 29.8 Å². The molecule has 4 amide bonds. The number of nitrogens with one attached hydrogen (secondary N) is 3. The van der Waals surface area contributed by atoms with Gasteiger partial charge in [-0.15, -0.1) is 0 Å². The molecule has 0 spiro atoms. The third-order valence-corrected chi connectivity index (χ3v) is 8.54. The Hall–Kier alpha value is -4.05. The van der Waals surface area contributed by atoms with E-state index in [-0.39, 0.29) is 31.0 Å². The van der Waals surface area contributed by atoms with Crippen LogP contribution in [0.4, 0.5) is 0 Å². The molecule has 236 valence electrons. The quantitative estimate of drug-likeness (QED) is 0.290. The molecule has 2 aliphatic rings. The highest BCUT2D eigenvalue weighted by molar-refractivity contribution is 5.99. The SMILES string of the molecule is C[C@@H](O)C(=O)CCCCC[C@@H]1NC(=O)[C@H]2CCCN2C(=O)[C@H](Cc2ccccc2)NC(=O)[C@@](C)(Cc2ccccc2)NC1=O. The molecule has 0 unspecified atom stereocenters. The number of aliphatic hydroxyl groups excluding tert-OH is 1. The molecule has 0 aliphatic carbocycles. The van der Waals surface area contributed by atoms with Crippen molar-refractivity contribution in [1.29, 1.82) is 0 Å². The first-order valence-corrected chi connectivity index (χ1v) is 15.6. The number of nitrogens with zero attached hydrogens (tertiary/aromatic N) is 1. The molecule has 2 fully saturated rings. The average molecular weight is 605 g/mol. The Morgan fingerprint density at radius 2 is 1.57 bits per heavy atom. The topological polar surface area (TPSA) is 145 Å². The van der Waals surface area contributed by atoms with Crippen molar-refractivity contribution in [3.63, 3.8) is 0 Å². The first-order valence-electron chi connectivity index (χ1n) is 15.6. The van der Waals surface area contributed by atoms with Gasteiger partial charge < -0.3 is 26.0 Å². The van der Waals surface area contributed by atoms with Crippen LogP contribution in [0, 0.1) is 0 Å². The maximum Gasteiger partial charge on any atom is 0.246 e. The van der Waals surface area contributed by atoms with Gasteiger partial charge >= 0.3 is 0 Å². The number of hydrogen-bond donors (Lipinski definition) is 4. The van der Waals surface area contributed by atoms with Crippen LogP contribution in [0.25, 0.3) is 0 Å². The normalized spacial score (nSPS) is 25.2. The number of Topliss-reactive ketones (excluding diaryl/α,β-unsaturated/α-hetero) is 1. The van der Waals surface area contributed by atoms with Gasteiger partial charge in [-0.05, 0) is 50.7 Å². The smallest absolute Gasteiger partial charge is 0.246 e. The zero-order valence-corrected chi connectivity index (χ0v) is 25.6. The highest BCUT2D eigenvalue weighted by Gasteiger charge is 2.43. The van der Waals surface area contributed by atoms with Gasteiger partial charge in [0, 0.05) is 25.8 Å². The average Bonchev–Trinajstić information content (AvgIpc) is 3.50. The maximum atomic E-state index is 14.1. The van der Waals surface area contributed by atoms with Crippen molar-refractivity contribution in [3.05, 3.63) is 71.8 Å². The van der Waals surface area contributed by atoms with Gasteiger partial charge in [-0.2, -0.15) is 0 Å². The highest BCUT2D eigenvalue weighted by atomic mass is 16.3. The Morgan fingerprint density at radius 1 is 0.909 bits per heavy atom. The van der Waals surface area contributed by atoms with Crippen LogP contribution in [-0.4, -0.2) is 75.7 Å². The molecule has 4 rings (SSSR count). The van der Waals surface area contributed by atoms with E-state index >= 15 is 0 Å². The number of amides is 4. The third kappa shape index (κ3) is 8.53. The molecule has 5 atom stereocenters. The Labute approximate surface area is 259 Å². The maximum absolute atomic E-state index is 14.1. The van der Waals surface area contributed by atoms with E-state index in [9.17, 15) is 29.1 Å². The van der Waals surface area contributed by atoms with Crippen molar-refractivity contribution in [2.75, 3.05) is 6.54 Å². The van der Waals surface area contributed by atoms with E-state index in [1.807, 2.05) is 60.7 Å². The van der Waals surface area contributed by atoms with E-state index in [0.717, 1.165) is 11.1 Å². The molecule has 0 radical (unpaired) electrons. The van der Waals surface area contributed by atoms with Crippen LogP contribution in [-0.2, 0) is 36.8 Å². The van der Waals surface area contributed by atoms with Crippen LogP contribution in [0.1, 0.15) is 69.9 Å². The minimum atomic E-state index is -1.43. The number of benzene rings is 2. The van der Waals surface area contributed by atoms with E-state index in [2.05, 4.69) is 16.0 Å². The number of unbranched alkanes of at least 4 members (excludes halogenated alkanes) is 2. The van der Waals surface area contributed by atoms with E-state index in [1.54, 1.807) is 6.92 Å². The van der Waals surface area contributed by atoms with Gasteiger partial charge in [0.25, 0.3) is 0 Å². The molecular formula is C34H44N4O6. The highest BCUT2D eigenvalue weighted by Crippen LogP contribution is 2.23. The molecule has 2 heterocycles. The van der Waals surface area contributed by atoms with Crippen molar-refractivity contribution in [2.24, 2.45) is 0 Å². The van der Waals surface area contributed by atoms with E-state index in [4.69, 9.17) is 0 Å². The number of ketones is 1.